The molecule has 0 spiro atoms. The maximum absolute atomic E-state index is 6.10. The molecule has 0 aromatic heterocycles. The summed E-state index contributed by atoms with van der Waals surface area (Å²) in [6, 6.07) is 6.94. The van der Waals surface area contributed by atoms with E-state index in [2.05, 4.69) is 43.9 Å². The van der Waals surface area contributed by atoms with Crippen molar-refractivity contribution in [3.05, 3.63) is 34.9 Å². The number of piperidine rings is 1. The number of benzene rings is 1. The lowest BCUT2D eigenvalue weighted by Crippen LogP contribution is -2.45. The predicted molar refractivity (Wildman–Crippen MR) is 72.9 cm³/mol. The average molecular weight is 232 g/mol. The van der Waals surface area contributed by atoms with Gasteiger partial charge in [-0.1, -0.05) is 25.1 Å². The van der Waals surface area contributed by atoms with Gasteiger partial charge in [0.1, 0.15) is 0 Å². The van der Waals surface area contributed by atoms with Crippen molar-refractivity contribution in [2.45, 2.75) is 39.8 Å². The van der Waals surface area contributed by atoms with Gasteiger partial charge in [0.25, 0.3) is 0 Å². The van der Waals surface area contributed by atoms with Crippen LogP contribution in [0.5, 0.6) is 0 Å². The molecule has 1 aliphatic rings. The highest BCUT2D eigenvalue weighted by atomic mass is 15.1. The molecule has 1 heterocycles. The number of nitrogens with zero attached hydrogens (tertiary/aromatic N) is 1. The fourth-order valence-corrected chi connectivity index (χ4v) is 2.87. The van der Waals surface area contributed by atoms with E-state index in [1.165, 1.54) is 29.7 Å². The summed E-state index contributed by atoms with van der Waals surface area (Å²) in [5.74, 6) is 0.726. The van der Waals surface area contributed by atoms with Gasteiger partial charge in [-0.25, -0.2) is 0 Å². The van der Waals surface area contributed by atoms with Crippen molar-refractivity contribution in [1.29, 1.82) is 0 Å². The molecule has 2 N–H and O–H groups in total. The Labute approximate surface area is 105 Å². The molecule has 1 aliphatic heterocycles. The van der Waals surface area contributed by atoms with Crippen LogP contribution in [0.4, 0.5) is 0 Å². The van der Waals surface area contributed by atoms with E-state index in [0.29, 0.717) is 6.04 Å². The number of rotatable bonds is 2. The van der Waals surface area contributed by atoms with Crippen LogP contribution in [0.2, 0.25) is 0 Å². The fourth-order valence-electron chi connectivity index (χ4n) is 2.87. The number of hydrogen-bond acceptors (Lipinski definition) is 2. The Balaban J connectivity index is 2.07. The number of hydrogen-bond donors (Lipinski definition) is 1. The molecule has 1 saturated heterocycles. The van der Waals surface area contributed by atoms with E-state index in [4.69, 9.17) is 5.73 Å². The SMILES string of the molecule is Cc1cccc(CN2CC(C)CC(N)C2)c1C. The first-order valence-corrected chi connectivity index (χ1v) is 6.59. The average Bonchev–Trinajstić information content (AvgIpc) is 2.23. The molecule has 1 aromatic rings. The van der Waals surface area contributed by atoms with Crippen molar-refractivity contribution in [2.75, 3.05) is 13.1 Å². The molecule has 2 heteroatoms. The second-order valence-corrected chi connectivity index (χ2v) is 5.65. The van der Waals surface area contributed by atoms with Crippen LogP contribution in [0.1, 0.15) is 30.0 Å². The molecule has 0 saturated carbocycles. The van der Waals surface area contributed by atoms with Crippen molar-refractivity contribution in [3.8, 4) is 0 Å². The fraction of sp³-hybridized carbons (Fsp3) is 0.600. The van der Waals surface area contributed by atoms with Gasteiger partial charge in [0.2, 0.25) is 0 Å². The van der Waals surface area contributed by atoms with Gasteiger partial charge in [0, 0.05) is 25.7 Å². The zero-order chi connectivity index (χ0) is 12.4. The zero-order valence-electron chi connectivity index (χ0n) is 11.2. The Morgan fingerprint density at radius 2 is 2.06 bits per heavy atom. The van der Waals surface area contributed by atoms with E-state index in [1.807, 2.05) is 0 Å². The molecule has 1 fully saturated rings. The van der Waals surface area contributed by atoms with Crippen LogP contribution in [0.15, 0.2) is 18.2 Å². The van der Waals surface area contributed by atoms with Crippen molar-refractivity contribution >= 4 is 0 Å². The Morgan fingerprint density at radius 3 is 2.76 bits per heavy atom. The molecule has 0 bridgehead atoms. The van der Waals surface area contributed by atoms with Crippen LogP contribution in [-0.2, 0) is 6.54 Å². The van der Waals surface area contributed by atoms with E-state index in [-0.39, 0.29) is 0 Å². The van der Waals surface area contributed by atoms with Gasteiger partial charge in [-0.3, -0.25) is 4.90 Å². The predicted octanol–water partition coefficient (Wildman–Crippen LogP) is 2.47. The molecular formula is C15H24N2. The largest absolute Gasteiger partial charge is 0.327 e. The summed E-state index contributed by atoms with van der Waals surface area (Å²) in [5.41, 5.74) is 10.4. The summed E-state index contributed by atoms with van der Waals surface area (Å²) in [4.78, 5) is 2.50. The second-order valence-electron chi connectivity index (χ2n) is 5.65. The Bertz CT molecular complexity index is 377. The maximum atomic E-state index is 6.10. The third-order valence-electron chi connectivity index (χ3n) is 3.88. The standard InChI is InChI=1S/C15H24N2/c1-11-7-15(16)10-17(8-11)9-14-6-4-5-12(2)13(14)3/h4-6,11,15H,7-10,16H2,1-3H3. The lowest BCUT2D eigenvalue weighted by atomic mass is 9.95. The van der Waals surface area contributed by atoms with Crippen molar-refractivity contribution in [2.24, 2.45) is 11.7 Å². The van der Waals surface area contributed by atoms with E-state index >= 15 is 0 Å². The summed E-state index contributed by atoms with van der Waals surface area (Å²) in [5, 5.41) is 0. The minimum atomic E-state index is 0.351. The monoisotopic (exact) mass is 232 g/mol. The van der Waals surface area contributed by atoms with Crippen LogP contribution in [0.3, 0.4) is 0 Å². The molecule has 1 aromatic carbocycles. The van der Waals surface area contributed by atoms with E-state index in [9.17, 15) is 0 Å². The number of nitrogens with two attached hydrogens (primary N) is 1. The van der Waals surface area contributed by atoms with Crippen molar-refractivity contribution in [3.63, 3.8) is 0 Å². The van der Waals surface area contributed by atoms with Crippen LogP contribution in [0, 0.1) is 19.8 Å². The third-order valence-corrected chi connectivity index (χ3v) is 3.88. The van der Waals surface area contributed by atoms with Crippen LogP contribution >= 0.6 is 0 Å². The summed E-state index contributed by atoms with van der Waals surface area (Å²) < 4.78 is 0. The van der Waals surface area contributed by atoms with Gasteiger partial charge in [0.15, 0.2) is 0 Å². The topological polar surface area (TPSA) is 29.3 Å². The van der Waals surface area contributed by atoms with E-state index in [0.717, 1.165) is 19.0 Å². The van der Waals surface area contributed by atoms with Crippen molar-refractivity contribution in [1.82, 2.24) is 4.90 Å². The van der Waals surface area contributed by atoms with Crippen molar-refractivity contribution < 1.29 is 0 Å². The summed E-state index contributed by atoms with van der Waals surface area (Å²) in [6.45, 7) is 9.97. The van der Waals surface area contributed by atoms with Gasteiger partial charge >= 0.3 is 0 Å². The van der Waals surface area contributed by atoms with Gasteiger partial charge in [-0.2, -0.15) is 0 Å². The minimum Gasteiger partial charge on any atom is -0.327 e. The minimum absolute atomic E-state index is 0.351. The Hall–Kier alpha value is -0.860. The van der Waals surface area contributed by atoms with Gasteiger partial charge < -0.3 is 5.73 Å². The third kappa shape index (κ3) is 3.08. The molecule has 2 atom stereocenters. The number of likely N-dealkylation sites (tertiary alicyclic amines) is 1. The van der Waals surface area contributed by atoms with Gasteiger partial charge in [-0.05, 0) is 42.9 Å². The highest BCUT2D eigenvalue weighted by Gasteiger charge is 2.22. The smallest absolute Gasteiger partial charge is 0.0237 e. The molecule has 2 nitrogen and oxygen atoms in total. The molecular weight excluding hydrogens is 208 g/mol. The normalized spacial score (nSPS) is 26.1. The van der Waals surface area contributed by atoms with Crippen LogP contribution < -0.4 is 5.73 Å². The lowest BCUT2D eigenvalue weighted by Gasteiger charge is -2.35. The Kier molecular flexibility index (Phi) is 3.85. The van der Waals surface area contributed by atoms with Gasteiger partial charge in [0.05, 0.1) is 0 Å². The van der Waals surface area contributed by atoms with E-state index in [1.54, 1.807) is 0 Å². The van der Waals surface area contributed by atoms with E-state index < -0.39 is 0 Å². The maximum Gasteiger partial charge on any atom is 0.0237 e. The lowest BCUT2D eigenvalue weighted by molar-refractivity contribution is 0.158. The zero-order valence-corrected chi connectivity index (χ0v) is 11.2. The molecule has 0 aliphatic carbocycles. The summed E-state index contributed by atoms with van der Waals surface area (Å²) >= 11 is 0. The Morgan fingerprint density at radius 1 is 1.29 bits per heavy atom. The summed E-state index contributed by atoms with van der Waals surface area (Å²) in [6.07, 6.45) is 1.17. The first-order chi connectivity index (χ1) is 8.06. The van der Waals surface area contributed by atoms with Gasteiger partial charge in [-0.15, -0.1) is 0 Å². The summed E-state index contributed by atoms with van der Waals surface area (Å²) in [7, 11) is 0. The number of aryl methyl sites for hydroxylation is 1. The highest BCUT2D eigenvalue weighted by molar-refractivity contribution is 5.33. The van der Waals surface area contributed by atoms with Crippen LogP contribution in [-0.4, -0.2) is 24.0 Å². The molecule has 17 heavy (non-hydrogen) atoms. The molecule has 94 valence electrons. The molecule has 2 unspecified atom stereocenters. The first kappa shape index (κ1) is 12.6. The molecule has 2 rings (SSSR count). The molecule has 0 amide bonds. The second kappa shape index (κ2) is 5.19. The quantitative estimate of drug-likeness (QED) is 0.849. The van der Waals surface area contributed by atoms with Crippen LogP contribution in [0.25, 0.3) is 0 Å². The molecule has 0 radical (unpaired) electrons. The first-order valence-electron chi connectivity index (χ1n) is 6.59. The highest BCUT2D eigenvalue weighted by Crippen LogP contribution is 2.20.